The van der Waals surface area contributed by atoms with E-state index in [1.807, 2.05) is 98.4 Å². The minimum Gasteiger partial charge on any atom is -0.334 e. The predicted octanol–water partition coefficient (Wildman–Crippen LogP) is 6.61. The van der Waals surface area contributed by atoms with Gasteiger partial charge in [0.25, 0.3) is 0 Å². The van der Waals surface area contributed by atoms with Crippen LogP contribution in [0.15, 0.2) is 96.2 Å². The topological polar surface area (TPSA) is 46.3 Å². The Balaban J connectivity index is 1.73. The summed E-state index contributed by atoms with van der Waals surface area (Å²) < 4.78 is 16.9. The normalized spacial score (nSPS) is 11.0. The van der Waals surface area contributed by atoms with Gasteiger partial charge in [-0.15, -0.1) is 0 Å². The molecular formula is C29H26FN5. The lowest BCUT2D eigenvalue weighted by atomic mass is 10.0. The standard InChI is InChI=1S/C29H26FN5/c1-4-20-16-11-17-23(30)28(20)35(3)25-18-24-27(31-19-34(24)2)29(32-25)33-26(21-12-7-5-8-13-21)22-14-9-6-10-15-22/h5-19H,4H2,1-3H3. The molecule has 5 rings (SSSR count). The van der Waals surface area contributed by atoms with E-state index in [1.54, 1.807) is 17.3 Å². The van der Waals surface area contributed by atoms with Gasteiger partial charge in [0, 0.05) is 31.3 Å². The number of para-hydroxylation sites is 1. The van der Waals surface area contributed by atoms with Gasteiger partial charge >= 0.3 is 0 Å². The quantitative estimate of drug-likeness (QED) is 0.266. The van der Waals surface area contributed by atoms with Crippen LogP contribution >= 0.6 is 0 Å². The average Bonchev–Trinajstić information content (AvgIpc) is 3.28. The Hall–Kier alpha value is -4.32. The molecule has 0 saturated heterocycles. The number of hydrogen-bond donors (Lipinski definition) is 0. The van der Waals surface area contributed by atoms with Crippen molar-refractivity contribution >= 4 is 34.1 Å². The maximum atomic E-state index is 14.9. The van der Waals surface area contributed by atoms with Crippen LogP contribution in [-0.2, 0) is 13.5 Å². The van der Waals surface area contributed by atoms with Crippen LogP contribution in [0.1, 0.15) is 23.6 Å². The first-order valence-electron chi connectivity index (χ1n) is 11.6. The summed E-state index contributed by atoms with van der Waals surface area (Å²) in [6.45, 7) is 2.02. The molecule has 0 aliphatic rings. The molecule has 0 bridgehead atoms. The molecule has 0 unspecified atom stereocenters. The van der Waals surface area contributed by atoms with Crippen molar-refractivity contribution in [2.75, 3.05) is 11.9 Å². The Kier molecular flexibility index (Phi) is 6.10. The van der Waals surface area contributed by atoms with Gasteiger partial charge in [0.2, 0.25) is 0 Å². The van der Waals surface area contributed by atoms with Gasteiger partial charge in [-0.2, -0.15) is 0 Å². The third kappa shape index (κ3) is 4.30. The van der Waals surface area contributed by atoms with E-state index in [2.05, 4.69) is 4.98 Å². The summed E-state index contributed by atoms with van der Waals surface area (Å²) in [6.07, 6.45) is 2.46. The molecule has 5 nitrogen and oxygen atoms in total. The molecule has 0 saturated carbocycles. The highest BCUT2D eigenvalue weighted by Crippen LogP contribution is 2.34. The summed E-state index contributed by atoms with van der Waals surface area (Å²) in [5.41, 5.74) is 5.75. The molecule has 0 radical (unpaired) electrons. The van der Waals surface area contributed by atoms with Crippen LogP contribution in [0.2, 0.25) is 0 Å². The van der Waals surface area contributed by atoms with Crippen molar-refractivity contribution in [1.82, 2.24) is 14.5 Å². The van der Waals surface area contributed by atoms with E-state index >= 15 is 0 Å². The van der Waals surface area contributed by atoms with E-state index in [0.29, 0.717) is 29.3 Å². The number of halogens is 1. The summed E-state index contributed by atoms with van der Waals surface area (Å²) in [4.78, 5) is 16.3. The maximum Gasteiger partial charge on any atom is 0.183 e. The van der Waals surface area contributed by atoms with Gasteiger partial charge in [-0.3, -0.25) is 0 Å². The molecule has 0 fully saturated rings. The molecule has 5 aromatic rings. The first-order chi connectivity index (χ1) is 17.1. The molecular weight excluding hydrogens is 437 g/mol. The maximum absolute atomic E-state index is 14.9. The van der Waals surface area contributed by atoms with E-state index in [4.69, 9.17) is 9.98 Å². The number of rotatable bonds is 6. The number of benzene rings is 3. The molecule has 0 N–H and O–H groups in total. The van der Waals surface area contributed by atoms with Crippen molar-refractivity contribution in [1.29, 1.82) is 0 Å². The third-order valence-corrected chi connectivity index (χ3v) is 6.12. The van der Waals surface area contributed by atoms with E-state index < -0.39 is 0 Å². The number of aromatic nitrogens is 3. The Morgan fingerprint density at radius 1 is 0.943 bits per heavy atom. The van der Waals surface area contributed by atoms with Gasteiger partial charge in [0.05, 0.1) is 23.2 Å². The molecule has 2 aromatic heterocycles. The van der Waals surface area contributed by atoms with Crippen LogP contribution in [-0.4, -0.2) is 27.3 Å². The fourth-order valence-corrected chi connectivity index (χ4v) is 4.28. The Morgan fingerprint density at radius 3 is 2.23 bits per heavy atom. The number of imidazole rings is 1. The monoisotopic (exact) mass is 463 g/mol. The van der Waals surface area contributed by atoms with Crippen molar-refractivity contribution in [3.05, 3.63) is 114 Å². The molecule has 2 heterocycles. The van der Waals surface area contributed by atoms with Crippen LogP contribution in [0, 0.1) is 5.82 Å². The minimum absolute atomic E-state index is 0.280. The number of pyridine rings is 1. The second-order valence-corrected chi connectivity index (χ2v) is 8.38. The van der Waals surface area contributed by atoms with Gasteiger partial charge < -0.3 is 9.47 Å². The van der Waals surface area contributed by atoms with Crippen molar-refractivity contribution in [2.24, 2.45) is 12.0 Å². The van der Waals surface area contributed by atoms with Crippen molar-refractivity contribution < 1.29 is 4.39 Å². The lowest BCUT2D eigenvalue weighted by molar-refractivity contribution is 0.625. The zero-order chi connectivity index (χ0) is 24.4. The van der Waals surface area contributed by atoms with Crippen LogP contribution in [0.3, 0.4) is 0 Å². The number of hydrogen-bond acceptors (Lipinski definition) is 4. The SMILES string of the molecule is CCc1cccc(F)c1N(C)c1cc2c(ncn2C)c(N=C(c2ccccc2)c2ccccc2)n1. The highest BCUT2D eigenvalue weighted by Gasteiger charge is 2.19. The van der Waals surface area contributed by atoms with Gasteiger partial charge in [0.15, 0.2) is 5.82 Å². The minimum atomic E-state index is -0.280. The van der Waals surface area contributed by atoms with Crippen LogP contribution in [0.25, 0.3) is 11.0 Å². The van der Waals surface area contributed by atoms with Crippen LogP contribution in [0.5, 0.6) is 0 Å². The van der Waals surface area contributed by atoms with Gasteiger partial charge in [-0.05, 0) is 18.1 Å². The summed E-state index contributed by atoms with van der Waals surface area (Å²) >= 11 is 0. The second kappa shape index (κ2) is 9.50. The second-order valence-electron chi connectivity index (χ2n) is 8.38. The number of nitrogens with zero attached hydrogens (tertiary/aromatic N) is 5. The highest BCUT2D eigenvalue weighted by atomic mass is 19.1. The lowest BCUT2D eigenvalue weighted by Crippen LogP contribution is -2.15. The van der Waals surface area contributed by atoms with Crippen molar-refractivity contribution in [3.63, 3.8) is 0 Å². The van der Waals surface area contributed by atoms with Crippen LogP contribution in [0.4, 0.5) is 21.7 Å². The summed E-state index contributed by atoms with van der Waals surface area (Å²) in [7, 11) is 3.77. The number of aliphatic imine (C=N–C) groups is 1. The van der Waals surface area contributed by atoms with Gasteiger partial charge in [0.1, 0.15) is 17.2 Å². The van der Waals surface area contributed by atoms with Crippen molar-refractivity contribution in [2.45, 2.75) is 13.3 Å². The summed E-state index contributed by atoms with van der Waals surface area (Å²) in [5.74, 6) is 0.806. The molecule has 0 aliphatic heterocycles. The first-order valence-corrected chi connectivity index (χ1v) is 11.6. The molecule has 3 aromatic carbocycles. The predicted molar refractivity (Wildman–Crippen MR) is 141 cm³/mol. The summed E-state index contributed by atoms with van der Waals surface area (Å²) in [5, 5.41) is 0. The molecule has 0 aliphatic carbocycles. The Labute approximate surface area is 204 Å². The van der Waals surface area contributed by atoms with Crippen molar-refractivity contribution in [3.8, 4) is 0 Å². The zero-order valence-corrected chi connectivity index (χ0v) is 20.0. The number of aryl methyl sites for hydroxylation is 2. The molecule has 0 atom stereocenters. The highest BCUT2D eigenvalue weighted by molar-refractivity contribution is 6.14. The first kappa shape index (κ1) is 22.5. The fourth-order valence-electron chi connectivity index (χ4n) is 4.28. The Morgan fingerprint density at radius 2 is 1.60 bits per heavy atom. The van der Waals surface area contributed by atoms with E-state index in [9.17, 15) is 4.39 Å². The average molecular weight is 464 g/mol. The molecule has 0 amide bonds. The Bertz CT molecular complexity index is 1470. The summed E-state index contributed by atoms with van der Waals surface area (Å²) in [6, 6.07) is 27.2. The molecule has 35 heavy (non-hydrogen) atoms. The van der Waals surface area contributed by atoms with Gasteiger partial charge in [-0.1, -0.05) is 79.7 Å². The van der Waals surface area contributed by atoms with E-state index in [0.717, 1.165) is 27.9 Å². The van der Waals surface area contributed by atoms with E-state index in [-0.39, 0.29) is 5.82 Å². The number of fused-ring (bicyclic) bond motifs is 1. The van der Waals surface area contributed by atoms with Gasteiger partial charge in [-0.25, -0.2) is 19.4 Å². The molecule has 174 valence electrons. The smallest absolute Gasteiger partial charge is 0.183 e. The van der Waals surface area contributed by atoms with Crippen LogP contribution < -0.4 is 4.90 Å². The third-order valence-electron chi connectivity index (χ3n) is 6.12. The fraction of sp³-hybridized carbons (Fsp3) is 0.138. The molecule has 6 heteroatoms. The zero-order valence-electron chi connectivity index (χ0n) is 20.0. The van der Waals surface area contributed by atoms with E-state index in [1.165, 1.54) is 6.07 Å². The largest absolute Gasteiger partial charge is 0.334 e. The lowest BCUT2D eigenvalue weighted by Gasteiger charge is -2.22. The number of anilines is 2. The molecule has 0 spiro atoms.